The zero-order chi connectivity index (χ0) is 19.5. The minimum atomic E-state index is 0.142. The van der Waals surface area contributed by atoms with Crippen LogP contribution in [0.5, 0.6) is 11.5 Å². The van der Waals surface area contributed by atoms with Crippen molar-refractivity contribution in [2.45, 2.75) is 38.6 Å². The predicted molar refractivity (Wildman–Crippen MR) is 109 cm³/mol. The second-order valence-electron chi connectivity index (χ2n) is 7.07. The number of piperidine rings is 1. The number of nitrogens with zero attached hydrogens (tertiary/aromatic N) is 4. The number of aromatic hydroxyl groups is 1. The smallest absolute Gasteiger partial charge is 0.161 e. The van der Waals surface area contributed by atoms with E-state index in [0.717, 1.165) is 66.8 Å². The highest BCUT2D eigenvalue weighted by atomic mass is 32.1. The van der Waals surface area contributed by atoms with Gasteiger partial charge in [-0.1, -0.05) is 6.92 Å². The maximum Gasteiger partial charge on any atom is 0.161 e. The Labute approximate surface area is 168 Å². The molecule has 0 aliphatic carbocycles. The highest BCUT2D eigenvalue weighted by molar-refractivity contribution is 7.13. The van der Waals surface area contributed by atoms with Crippen molar-refractivity contribution in [1.29, 1.82) is 0 Å². The van der Waals surface area contributed by atoms with Gasteiger partial charge in [0.25, 0.3) is 0 Å². The highest BCUT2D eigenvalue weighted by Gasteiger charge is 2.24. The number of methoxy groups -OCH3 is 1. The van der Waals surface area contributed by atoms with Crippen LogP contribution >= 0.6 is 11.3 Å². The van der Waals surface area contributed by atoms with Gasteiger partial charge in [0.15, 0.2) is 17.3 Å². The third kappa shape index (κ3) is 4.02. The lowest BCUT2D eigenvalue weighted by atomic mass is 9.96. The number of aromatic amines is 1. The van der Waals surface area contributed by atoms with E-state index < -0.39 is 0 Å². The molecular weight excluding hydrogens is 374 g/mol. The van der Waals surface area contributed by atoms with Crippen LogP contribution in [0.4, 0.5) is 0 Å². The van der Waals surface area contributed by atoms with E-state index in [-0.39, 0.29) is 5.75 Å². The summed E-state index contributed by atoms with van der Waals surface area (Å²) in [5.41, 5.74) is 2.04. The van der Waals surface area contributed by atoms with Gasteiger partial charge in [0, 0.05) is 29.8 Å². The lowest BCUT2D eigenvalue weighted by Crippen LogP contribution is -2.32. The SMILES string of the molecule is CCc1nc(C2CCN(Cc3csc(-c4ccc(O)c(OC)c4)n3)CC2)n[nH]1. The summed E-state index contributed by atoms with van der Waals surface area (Å²) in [5, 5.41) is 20.2. The number of phenols is 1. The van der Waals surface area contributed by atoms with Crippen molar-refractivity contribution >= 4 is 11.3 Å². The van der Waals surface area contributed by atoms with E-state index in [1.165, 1.54) is 0 Å². The Balaban J connectivity index is 1.36. The average Bonchev–Trinajstić information content (AvgIpc) is 3.39. The number of H-pyrrole nitrogens is 1. The zero-order valence-corrected chi connectivity index (χ0v) is 17.0. The molecule has 0 radical (unpaired) electrons. The number of rotatable bonds is 6. The normalized spacial score (nSPS) is 15.8. The molecule has 0 amide bonds. The summed E-state index contributed by atoms with van der Waals surface area (Å²) in [5.74, 6) is 2.99. The number of aryl methyl sites for hydroxylation is 1. The van der Waals surface area contributed by atoms with Crippen LogP contribution in [0.1, 0.15) is 43.0 Å². The Morgan fingerprint density at radius 2 is 2.11 bits per heavy atom. The minimum Gasteiger partial charge on any atom is -0.504 e. The summed E-state index contributed by atoms with van der Waals surface area (Å²) in [4.78, 5) is 11.8. The van der Waals surface area contributed by atoms with Crippen LogP contribution in [0.2, 0.25) is 0 Å². The van der Waals surface area contributed by atoms with Gasteiger partial charge in [-0.25, -0.2) is 9.97 Å². The van der Waals surface area contributed by atoms with Crippen LogP contribution in [0.3, 0.4) is 0 Å². The van der Waals surface area contributed by atoms with Crippen LogP contribution in [0.15, 0.2) is 23.6 Å². The van der Waals surface area contributed by atoms with Gasteiger partial charge in [-0.3, -0.25) is 10.00 Å². The molecule has 0 saturated carbocycles. The maximum absolute atomic E-state index is 9.76. The van der Waals surface area contributed by atoms with Gasteiger partial charge in [-0.05, 0) is 44.1 Å². The molecule has 0 bridgehead atoms. The molecule has 1 aromatic carbocycles. The molecule has 28 heavy (non-hydrogen) atoms. The predicted octanol–water partition coefficient (Wildman–Crippen LogP) is 3.58. The fourth-order valence-corrected chi connectivity index (χ4v) is 4.36. The Hall–Kier alpha value is -2.45. The summed E-state index contributed by atoms with van der Waals surface area (Å²) in [6, 6.07) is 5.34. The average molecular weight is 400 g/mol. The topological polar surface area (TPSA) is 87.2 Å². The van der Waals surface area contributed by atoms with E-state index in [0.29, 0.717) is 11.7 Å². The van der Waals surface area contributed by atoms with Crippen molar-refractivity contribution in [2.24, 2.45) is 0 Å². The molecule has 3 aromatic rings. The number of likely N-dealkylation sites (tertiary alicyclic amines) is 1. The van der Waals surface area contributed by atoms with Crippen LogP contribution in [-0.4, -0.2) is 50.4 Å². The van der Waals surface area contributed by atoms with E-state index >= 15 is 0 Å². The zero-order valence-electron chi connectivity index (χ0n) is 16.2. The molecule has 148 valence electrons. The van der Waals surface area contributed by atoms with Crippen molar-refractivity contribution in [3.05, 3.63) is 40.9 Å². The molecule has 3 heterocycles. The second kappa shape index (κ2) is 8.28. The number of benzene rings is 1. The molecule has 4 rings (SSSR count). The number of phenolic OH excluding ortho intramolecular Hbond substituents is 1. The van der Waals surface area contributed by atoms with E-state index in [2.05, 4.69) is 32.4 Å². The number of hydrogen-bond acceptors (Lipinski definition) is 7. The number of ether oxygens (including phenoxy) is 1. The van der Waals surface area contributed by atoms with E-state index in [1.807, 2.05) is 12.1 Å². The molecule has 1 aliphatic rings. The molecule has 0 atom stereocenters. The van der Waals surface area contributed by atoms with Crippen LogP contribution in [-0.2, 0) is 13.0 Å². The molecular formula is C20H25N5O2S. The van der Waals surface area contributed by atoms with Crippen LogP contribution in [0, 0.1) is 0 Å². The largest absolute Gasteiger partial charge is 0.504 e. The fraction of sp³-hybridized carbons (Fsp3) is 0.450. The summed E-state index contributed by atoms with van der Waals surface area (Å²) in [6.45, 7) is 5.00. The molecule has 8 heteroatoms. The van der Waals surface area contributed by atoms with Crippen molar-refractivity contribution in [3.63, 3.8) is 0 Å². The molecule has 0 spiro atoms. The molecule has 7 nitrogen and oxygen atoms in total. The highest BCUT2D eigenvalue weighted by Crippen LogP contribution is 2.33. The summed E-state index contributed by atoms with van der Waals surface area (Å²) >= 11 is 1.62. The lowest BCUT2D eigenvalue weighted by molar-refractivity contribution is 0.200. The van der Waals surface area contributed by atoms with Gasteiger partial charge < -0.3 is 9.84 Å². The molecule has 1 aliphatic heterocycles. The number of hydrogen-bond donors (Lipinski definition) is 2. The van der Waals surface area contributed by atoms with Crippen molar-refractivity contribution in [3.8, 4) is 22.1 Å². The van der Waals surface area contributed by atoms with Gasteiger partial charge in [0.05, 0.1) is 12.8 Å². The molecule has 0 unspecified atom stereocenters. The van der Waals surface area contributed by atoms with Gasteiger partial charge in [0.2, 0.25) is 0 Å². The van der Waals surface area contributed by atoms with Crippen LogP contribution < -0.4 is 4.74 Å². The Kier molecular flexibility index (Phi) is 5.59. The van der Waals surface area contributed by atoms with Gasteiger partial charge in [0.1, 0.15) is 10.8 Å². The minimum absolute atomic E-state index is 0.142. The fourth-order valence-electron chi connectivity index (χ4n) is 3.55. The molecule has 2 N–H and O–H groups in total. The van der Waals surface area contributed by atoms with E-state index in [4.69, 9.17) is 9.72 Å². The standard InChI is InChI=1S/C20H25N5O2S/c1-3-18-22-19(24-23-18)13-6-8-25(9-7-13)11-15-12-28-20(21-15)14-4-5-16(26)17(10-14)27-2/h4-5,10,12-13,26H,3,6-9,11H2,1-2H3,(H,22,23,24). The molecule has 1 saturated heterocycles. The van der Waals surface area contributed by atoms with Gasteiger partial charge in [-0.15, -0.1) is 11.3 Å². The first-order chi connectivity index (χ1) is 13.7. The summed E-state index contributed by atoms with van der Waals surface area (Å²) in [6.07, 6.45) is 3.05. The molecule has 1 fully saturated rings. The second-order valence-corrected chi connectivity index (χ2v) is 7.93. The Bertz CT molecular complexity index is 930. The van der Waals surface area contributed by atoms with Crippen LogP contribution in [0.25, 0.3) is 10.6 Å². The van der Waals surface area contributed by atoms with Crippen molar-refractivity contribution < 1.29 is 9.84 Å². The summed E-state index contributed by atoms with van der Waals surface area (Å²) < 4.78 is 5.20. The maximum atomic E-state index is 9.76. The molecule has 2 aromatic heterocycles. The van der Waals surface area contributed by atoms with Crippen molar-refractivity contribution in [2.75, 3.05) is 20.2 Å². The quantitative estimate of drug-likeness (QED) is 0.659. The van der Waals surface area contributed by atoms with E-state index in [1.54, 1.807) is 24.5 Å². The van der Waals surface area contributed by atoms with Crippen molar-refractivity contribution in [1.82, 2.24) is 25.1 Å². The van der Waals surface area contributed by atoms with E-state index in [9.17, 15) is 5.11 Å². The monoisotopic (exact) mass is 399 g/mol. The first-order valence-corrected chi connectivity index (χ1v) is 10.5. The summed E-state index contributed by atoms with van der Waals surface area (Å²) in [7, 11) is 1.55. The Morgan fingerprint density at radius 1 is 1.29 bits per heavy atom. The van der Waals surface area contributed by atoms with Gasteiger partial charge in [-0.2, -0.15) is 5.10 Å². The third-order valence-corrected chi connectivity index (χ3v) is 6.14. The number of thiazole rings is 1. The third-order valence-electron chi connectivity index (χ3n) is 5.20. The van der Waals surface area contributed by atoms with Gasteiger partial charge >= 0.3 is 0 Å². The first kappa shape index (κ1) is 18.9. The number of nitrogens with one attached hydrogen (secondary N) is 1. The first-order valence-electron chi connectivity index (χ1n) is 9.61. The Morgan fingerprint density at radius 3 is 2.82 bits per heavy atom. The number of aromatic nitrogens is 4. The lowest BCUT2D eigenvalue weighted by Gasteiger charge is -2.30.